The Labute approximate surface area is 153 Å². The molecule has 0 N–H and O–H groups in total. The third-order valence-corrected chi connectivity index (χ3v) is 4.32. The van der Waals surface area contributed by atoms with Gasteiger partial charge in [-0.25, -0.2) is 0 Å². The number of piperazine rings is 1. The molecule has 26 heavy (non-hydrogen) atoms. The van der Waals surface area contributed by atoms with Crippen molar-refractivity contribution >= 4 is 5.97 Å². The van der Waals surface area contributed by atoms with Crippen LogP contribution in [-0.4, -0.2) is 64.7 Å². The zero-order valence-electron chi connectivity index (χ0n) is 15.6. The molecule has 0 atom stereocenters. The van der Waals surface area contributed by atoms with E-state index in [4.69, 9.17) is 9.26 Å². The fourth-order valence-corrected chi connectivity index (χ4v) is 2.92. The van der Waals surface area contributed by atoms with E-state index in [1.165, 1.54) is 5.56 Å². The topological polar surface area (TPSA) is 71.7 Å². The van der Waals surface area contributed by atoms with Gasteiger partial charge in [-0.2, -0.15) is 4.98 Å². The summed E-state index contributed by atoms with van der Waals surface area (Å²) in [5, 5.41) is 4.08. The quantitative estimate of drug-likeness (QED) is 0.732. The minimum Gasteiger partial charge on any atom is -0.462 e. The Bertz CT molecular complexity index is 719. The summed E-state index contributed by atoms with van der Waals surface area (Å²) >= 11 is 0. The Kier molecular flexibility index (Phi) is 6.00. The molecule has 0 unspecified atom stereocenters. The van der Waals surface area contributed by atoms with Gasteiger partial charge < -0.3 is 9.26 Å². The number of aromatic nitrogens is 2. The molecule has 1 saturated heterocycles. The third-order valence-electron chi connectivity index (χ3n) is 4.32. The molecule has 7 nitrogen and oxygen atoms in total. The van der Waals surface area contributed by atoms with Gasteiger partial charge in [0.25, 0.3) is 0 Å². The van der Waals surface area contributed by atoms with Crippen LogP contribution in [0.3, 0.4) is 0 Å². The lowest BCUT2D eigenvalue weighted by Gasteiger charge is -2.33. The van der Waals surface area contributed by atoms with Gasteiger partial charge >= 0.3 is 5.97 Å². The molecule has 0 spiro atoms. The average Bonchev–Trinajstić information content (AvgIpc) is 3.05. The van der Waals surface area contributed by atoms with Crippen molar-refractivity contribution in [3.63, 3.8) is 0 Å². The number of hydrogen-bond acceptors (Lipinski definition) is 7. The van der Waals surface area contributed by atoms with E-state index >= 15 is 0 Å². The largest absolute Gasteiger partial charge is 0.462 e. The lowest BCUT2D eigenvalue weighted by Crippen LogP contribution is -2.47. The van der Waals surface area contributed by atoms with Gasteiger partial charge in [-0.1, -0.05) is 35.0 Å². The summed E-state index contributed by atoms with van der Waals surface area (Å²) in [6.07, 6.45) is -0.0657. The highest BCUT2D eigenvalue weighted by Crippen LogP contribution is 2.17. The Hall–Kier alpha value is -2.25. The predicted molar refractivity (Wildman–Crippen MR) is 97.4 cm³/mol. The summed E-state index contributed by atoms with van der Waals surface area (Å²) in [5.74, 6) is 1.08. The second-order valence-corrected chi connectivity index (χ2v) is 6.97. The monoisotopic (exact) mass is 358 g/mol. The van der Waals surface area contributed by atoms with Crippen molar-refractivity contribution in [3.8, 4) is 11.4 Å². The third kappa shape index (κ3) is 5.12. The average molecular weight is 358 g/mol. The van der Waals surface area contributed by atoms with Crippen molar-refractivity contribution < 1.29 is 14.1 Å². The number of benzene rings is 1. The van der Waals surface area contributed by atoms with E-state index in [1.807, 2.05) is 45.0 Å². The maximum Gasteiger partial charge on any atom is 0.320 e. The number of rotatable bonds is 6. The number of hydrogen-bond donors (Lipinski definition) is 0. The van der Waals surface area contributed by atoms with Gasteiger partial charge in [0.05, 0.1) is 19.2 Å². The lowest BCUT2D eigenvalue weighted by atomic mass is 10.1. The molecule has 140 valence electrons. The highest BCUT2D eigenvalue weighted by molar-refractivity contribution is 5.71. The summed E-state index contributed by atoms with van der Waals surface area (Å²) < 4.78 is 10.6. The van der Waals surface area contributed by atoms with E-state index in [0.29, 0.717) is 24.8 Å². The first-order chi connectivity index (χ1) is 12.5. The van der Waals surface area contributed by atoms with Crippen LogP contribution in [0.4, 0.5) is 0 Å². The maximum absolute atomic E-state index is 11.7. The Morgan fingerprint density at radius 3 is 2.46 bits per heavy atom. The van der Waals surface area contributed by atoms with E-state index < -0.39 is 0 Å². The van der Waals surface area contributed by atoms with Crippen LogP contribution in [0.5, 0.6) is 0 Å². The number of esters is 1. The van der Waals surface area contributed by atoms with Crippen LogP contribution >= 0.6 is 0 Å². The van der Waals surface area contributed by atoms with Gasteiger partial charge in [0.2, 0.25) is 11.7 Å². The lowest BCUT2D eigenvalue weighted by molar-refractivity contribution is -0.149. The van der Waals surface area contributed by atoms with E-state index in [0.717, 1.165) is 31.7 Å². The zero-order chi connectivity index (χ0) is 18.5. The highest BCUT2D eigenvalue weighted by atomic mass is 16.5. The molecule has 0 aliphatic carbocycles. The van der Waals surface area contributed by atoms with E-state index in [-0.39, 0.29) is 12.1 Å². The summed E-state index contributed by atoms with van der Waals surface area (Å²) in [4.78, 5) is 20.6. The second kappa shape index (κ2) is 8.42. The normalized spacial score (nSPS) is 16.2. The molecule has 3 rings (SSSR count). The van der Waals surface area contributed by atoms with Gasteiger partial charge in [0, 0.05) is 31.7 Å². The van der Waals surface area contributed by atoms with Gasteiger partial charge in [-0.15, -0.1) is 0 Å². The summed E-state index contributed by atoms with van der Waals surface area (Å²) in [6.45, 7) is 10.1. The molecule has 0 saturated carbocycles. The van der Waals surface area contributed by atoms with Crippen LogP contribution in [0.25, 0.3) is 11.4 Å². The van der Waals surface area contributed by atoms with Gasteiger partial charge in [0.15, 0.2) is 0 Å². The van der Waals surface area contributed by atoms with Crippen LogP contribution in [0, 0.1) is 6.92 Å². The molecule has 1 aromatic heterocycles. The Morgan fingerprint density at radius 2 is 1.81 bits per heavy atom. The van der Waals surface area contributed by atoms with Gasteiger partial charge in [-0.05, 0) is 20.8 Å². The molecule has 2 aromatic rings. The first-order valence-electron chi connectivity index (χ1n) is 9.03. The van der Waals surface area contributed by atoms with Crippen molar-refractivity contribution in [2.24, 2.45) is 0 Å². The smallest absolute Gasteiger partial charge is 0.320 e. The van der Waals surface area contributed by atoms with Crippen molar-refractivity contribution in [1.82, 2.24) is 19.9 Å². The molecule has 1 aromatic carbocycles. The minimum atomic E-state index is -0.159. The van der Waals surface area contributed by atoms with Crippen LogP contribution in [0.1, 0.15) is 25.3 Å². The van der Waals surface area contributed by atoms with Crippen LogP contribution in [-0.2, 0) is 16.1 Å². The number of nitrogens with zero attached hydrogens (tertiary/aromatic N) is 4. The first kappa shape index (κ1) is 18.5. The maximum atomic E-state index is 11.7. The Morgan fingerprint density at radius 1 is 1.15 bits per heavy atom. The van der Waals surface area contributed by atoms with Crippen molar-refractivity contribution in [2.75, 3.05) is 32.7 Å². The van der Waals surface area contributed by atoms with Gasteiger partial charge in [0.1, 0.15) is 0 Å². The van der Waals surface area contributed by atoms with E-state index in [1.54, 1.807) is 0 Å². The molecule has 7 heteroatoms. The zero-order valence-corrected chi connectivity index (χ0v) is 15.6. The van der Waals surface area contributed by atoms with Crippen LogP contribution in [0.15, 0.2) is 28.8 Å². The summed E-state index contributed by atoms with van der Waals surface area (Å²) in [6, 6.07) is 8.07. The fourth-order valence-electron chi connectivity index (χ4n) is 2.92. The van der Waals surface area contributed by atoms with Crippen molar-refractivity contribution in [2.45, 2.75) is 33.4 Å². The molecule has 1 aliphatic heterocycles. The number of ether oxygens (including phenoxy) is 1. The SMILES string of the molecule is Cc1ccc(-c2noc(CN3CCN(CC(=O)OC(C)C)CC3)n2)cc1. The van der Waals surface area contributed by atoms with Crippen LogP contribution in [0.2, 0.25) is 0 Å². The van der Waals surface area contributed by atoms with Gasteiger partial charge in [-0.3, -0.25) is 14.6 Å². The second-order valence-electron chi connectivity index (χ2n) is 6.97. The minimum absolute atomic E-state index is 0.0657. The molecule has 2 heterocycles. The van der Waals surface area contributed by atoms with Crippen LogP contribution < -0.4 is 0 Å². The van der Waals surface area contributed by atoms with Crippen molar-refractivity contribution in [1.29, 1.82) is 0 Å². The predicted octanol–water partition coefficient (Wildman–Crippen LogP) is 2.11. The Balaban J connectivity index is 1.48. The highest BCUT2D eigenvalue weighted by Gasteiger charge is 2.21. The molecular formula is C19H26N4O3. The molecule has 0 amide bonds. The molecule has 1 fully saturated rings. The number of carbonyl (C=O) groups is 1. The number of aryl methyl sites for hydroxylation is 1. The van der Waals surface area contributed by atoms with E-state index in [2.05, 4.69) is 19.9 Å². The summed E-state index contributed by atoms with van der Waals surface area (Å²) in [7, 11) is 0. The van der Waals surface area contributed by atoms with Crippen molar-refractivity contribution in [3.05, 3.63) is 35.7 Å². The van der Waals surface area contributed by atoms with E-state index in [9.17, 15) is 4.79 Å². The molecule has 1 aliphatic rings. The molecule has 0 radical (unpaired) electrons. The number of carbonyl (C=O) groups excluding carboxylic acids is 1. The fraction of sp³-hybridized carbons (Fsp3) is 0.526. The summed E-state index contributed by atoms with van der Waals surface area (Å²) in [5.41, 5.74) is 2.16. The first-order valence-corrected chi connectivity index (χ1v) is 9.03. The standard InChI is InChI=1S/C19H26N4O3/c1-14(2)25-18(24)13-23-10-8-22(9-11-23)12-17-20-19(21-26-17)16-6-4-15(3)5-7-16/h4-7,14H,8-13H2,1-3H3. The molecular weight excluding hydrogens is 332 g/mol. The molecule has 0 bridgehead atoms.